The Morgan fingerprint density at radius 3 is 2.80 bits per heavy atom. The zero-order valence-electron chi connectivity index (χ0n) is 10.9. The molecule has 0 aliphatic heterocycles. The Balaban J connectivity index is 2.00. The molecule has 0 saturated heterocycles. The molecule has 0 spiro atoms. The molecule has 0 bridgehead atoms. The summed E-state index contributed by atoms with van der Waals surface area (Å²) < 4.78 is 21.9. The first-order valence-corrected chi connectivity index (χ1v) is 7.03. The number of aromatic nitrogens is 1. The van der Waals surface area contributed by atoms with Crippen molar-refractivity contribution in [3.8, 4) is 5.75 Å². The van der Waals surface area contributed by atoms with Crippen LogP contribution in [0.4, 0.5) is 4.39 Å². The Morgan fingerprint density at radius 2 is 2.00 bits per heavy atom. The number of rotatable bonds is 3. The molecule has 2 nitrogen and oxygen atoms in total. The van der Waals surface area contributed by atoms with Gasteiger partial charge in [0.05, 0.1) is 13.7 Å². The number of halogens is 2. The van der Waals surface area contributed by atoms with Crippen LogP contribution in [0.2, 0.25) is 0 Å². The second-order valence-electron chi connectivity index (χ2n) is 4.60. The maximum Gasteiger partial charge on any atom is 0.128 e. The van der Waals surface area contributed by atoms with Crippen molar-refractivity contribution >= 4 is 26.8 Å². The summed E-state index contributed by atoms with van der Waals surface area (Å²) >= 11 is 3.38. The lowest BCUT2D eigenvalue weighted by atomic mass is 10.2. The lowest BCUT2D eigenvalue weighted by Gasteiger charge is -2.08. The Bertz CT molecular complexity index is 766. The molecule has 20 heavy (non-hydrogen) atoms. The van der Waals surface area contributed by atoms with Crippen LogP contribution in [0.1, 0.15) is 5.56 Å². The van der Waals surface area contributed by atoms with Crippen molar-refractivity contribution in [2.45, 2.75) is 6.54 Å². The van der Waals surface area contributed by atoms with Crippen molar-refractivity contribution in [2.75, 3.05) is 7.11 Å². The van der Waals surface area contributed by atoms with Crippen LogP contribution in [0, 0.1) is 5.82 Å². The van der Waals surface area contributed by atoms with Crippen molar-refractivity contribution in [2.24, 2.45) is 0 Å². The van der Waals surface area contributed by atoms with Gasteiger partial charge in [-0.1, -0.05) is 15.9 Å². The summed E-state index contributed by atoms with van der Waals surface area (Å²) in [6.45, 7) is 0.501. The molecule has 0 saturated carbocycles. The van der Waals surface area contributed by atoms with E-state index in [1.54, 1.807) is 13.2 Å². The first-order chi connectivity index (χ1) is 9.67. The van der Waals surface area contributed by atoms with Gasteiger partial charge in [0.1, 0.15) is 11.6 Å². The Labute approximate surface area is 124 Å². The molecule has 0 amide bonds. The summed E-state index contributed by atoms with van der Waals surface area (Å²) in [5.74, 6) is 0.632. The average molecular weight is 334 g/mol. The van der Waals surface area contributed by atoms with Crippen LogP contribution in [0.15, 0.2) is 53.1 Å². The van der Waals surface area contributed by atoms with Crippen molar-refractivity contribution in [3.63, 3.8) is 0 Å². The Hall–Kier alpha value is -1.81. The van der Waals surface area contributed by atoms with Gasteiger partial charge >= 0.3 is 0 Å². The Morgan fingerprint density at radius 1 is 1.15 bits per heavy atom. The predicted octanol–water partition coefficient (Wildman–Crippen LogP) is 4.60. The van der Waals surface area contributed by atoms with E-state index in [1.165, 1.54) is 6.07 Å². The first-order valence-electron chi connectivity index (χ1n) is 6.24. The Kier molecular flexibility index (Phi) is 3.49. The second-order valence-corrected chi connectivity index (χ2v) is 5.52. The van der Waals surface area contributed by atoms with Crippen molar-refractivity contribution in [3.05, 3.63) is 64.5 Å². The number of nitrogens with zero attached hydrogens (tertiary/aromatic N) is 1. The predicted molar refractivity (Wildman–Crippen MR) is 81.7 cm³/mol. The molecule has 102 valence electrons. The third-order valence-corrected chi connectivity index (χ3v) is 3.82. The summed E-state index contributed by atoms with van der Waals surface area (Å²) in [5.41, 5.74) is 1.72. The van der Waals surface area contributed by atoms with Crippen molar-refractivity contribution in [1.29, 1.82) is 0 Å². The molecule has 1 heterocycles. The van der Waals surface area contributed by atoms with E-state index in [1.807, 2.05) is 41.1 Å². The van der Waals surface area contributed by atoms with Gasteiger partial charge in [-0.25, -0.2) is 4.39 Å². The molecule has 2 aromatic carbocycles. The molecule has 3 rings (SSSR count). The van der Waals surface area contributed by atoms with E-state index in [0.717, 1.165) is 21.1 Å². The average Bonchev–Trinajstić information content (AvgIpc) is 2.85. The van der Waals surface area contributed by atoms with E-state index < -0.39 is 0 Å². The molecule has 0 unspecified atom stereocenters. The highest BCUT2D eigenvalue weighted by Gasteiger charge is 2.07. The number of benzene rings is 2. The maximum atomic E-state index is 13.8. The standard InChI is InChI=1S/C16H13BrFNO/c1-20-14-3-5-16-11(9-14)6-7-19(16)10-12-8-13(17)2-4-15(12)18/h2-9H,10H2,1H3. The highest BCUT2D eigenvalue weighted by molar-refractivity contribution is 9.10. The monoisotopic (exact) mass is 333 g/mol. The maximum absolute atomic E-state index is 13.8. The number of methoxy groups -OCH3 is 1. The third kappa shape index (κ3) is 2.43. The van der Waals surface area contributed by atoms with E-state index in [9.17, 15) is 4.39 Å². The fourth-order valence-electron chi connectivity index (χ4n) is 2.29. The van der Waals surface area contributed by atoms with Gasteiger partial charge in [0.15, 0.2) is 0 Å². The van der Waals surface area contributed by atoms with Gasteiger partial charge in [0.25, 0.3) is 0 Å². The number of hydrogen-bond acceptors (Lipinski definition) is 1. The molecule has 0 N–H and O–H groups in total. The summed E-state index contributed by atoms with van der Waals surface area (Å²) in [7, 11) is 1.65. The molecule has 0 fully saturated rings. The number of fused-ring (bicyclic) bond motifs is 1. The molecular formula is C16H13BrFNO. The van der Waals surface area contributed by atoms with Crippen molar-refractivity contribution in [1.82, 2.24) is 4.57 Å². The van der Waals surface area contributed by atoms with Crippen LogP contribution >= 0.6 is 15.9 Å². The van der Waals surface area contributed by atoms with Gasteiger partial charge < -0.3 is 9.30 Å². The molecule has 4 heteroatoms. The van der Waals surface area contributed by atoms with Crippen LogP contribution in [0.3, 0.4) is 0 Å². The quantitative estimate of drug-likeness (QED) is 0.683. The van der Waals surface area contributed by atoms with Gasteiger partial charge in [0, 0.05) is 27.1 Å². The summed E-state index contributed by atoms with van der Waals surface area (Å²) in [6.07, 6.45) is 1.96. The minimum Gasteiger partial charge on any atom is -0.497 e. The molecular weight excluding hydrogens is 321 g/mol. The van der Waals surface area contributed by atoms with Crippen LogP contribution in [0.25, 0.3) is 10.9 Å². The zero-order chi connectivity index (χ0) is 14.1. The largest absolute Gasteiger partial charge is 0.497 e. The number of ether oxygens (including phenoxy) is 1. The molecule has 0 atom stereocenters. The summed E-state index contributed by atoms with van der Waals surface area (Å²) in [4.78, 5) is 0. The molecule has 0 aliphatic rings. The van der Waals surface area contributed by atoms with Gasteiger partial charge in [0.2, 0.25) is 0 Å². The van der Waals surface area contributed by atoms with Crippen LogP contribution in [0.5, 0.6) is 5.75 Å². The topological polar surface area (TPSA) is 14.2 Å². The minimum atomic E-state index is -0.191. The van der Waals surface area contributed by atoms with E-state index >= 15 is 0 Å². The SMILES string of the molecule is COc1ccc2c(ccn2Cc2cc(Br)ccc2F)c1. The lowest BCUT2D eigenvalue weighted by Crippen LogP contribution is -2.00. The van der Waals surface area contributed by atoms with Gasteiger partial charge in [-0.2, -0.15) is 0 Å². The normalized spacial score (nSPS) is 10.9. The molecule has 0 aliphatic carbocycles. The van der Waals surface area contributed by atoms with Crippen LogP contribution in [-0.2, 0) is 6.54 Å². The summed E-state index contributed by atoms with van der Waals surface area (Å²) in [5, 5.41) is 1.08. The van der Waals surface area contributed by atoms with Crippen LogP contribution < -0.4 is 4.74 Å². The van der Waals surface area contributed by atoms with Gasteiger partial charge in [-0.15, -0.1) is 0 Å². The van der Waals surface area contributed by atoms with E-state index in [-0.39, 0.29) is 5.82 Å². The first kappa shape index (κ1) is 13.2. The minimum absolute atomic E-state index is 0.191. The lowest BCUT2D eigenvalue weighted by molar-refractivity contribution is 0.415. The second kappa shape index (κ2) is 5.29. The van der Waals surface area contributed by atoms with Crippen molar-refractivity contribution < 1.29 is 9.13 Å². The van der Waals surface area contributed by atoms with E-state index in [0.29, 0.717) is 12.1 Å². The highest BCUT2D eigenvalue weighted by atomic mass is 79.9. The highest BCUT2D eigenvalue weighted by Crippen LogP contribution is 2.24. The zero-order valence-corrected chi connectivity index (χ0v) is 12.5. The smallest absolute Gasteiger partial charge is 0.128 e. The van der Waals surface area contributed by atoms with Crippen LogP contribution in [-0.4, -0.2) is 11.7 Å². The third-order valence-electron chi connectivity index (χ3n) is 3.33. The van der Waals surface area contributed by atoms with Gasteiger partial charge in [-0.05, 0) is 42.5 Å². The summed E-state index contributed by atoms with van der Waals surface area (Å²) in [6, 6.07) is 12.9. The molecule has 3 aromatic rings. The van der Waals surface area contributed by atoms with Gasteiger partial charge in [-0.3, -0.25) is 0 Å². The molecule has 1 aromatic heterocycles. The molecule has 0 radical (unpaired) electrons. The fraction of sp³-hybridized carbons (Fsp3) is 0.125. The number of hydrogen-bond donors (Lipinski definition) is 0. The fourth-order valence-corrected chi connectivity index (χ4v) is 2.70. The van der Waals surface area contributed by atoms with E-state index in [4.69, 9.17) is 4.74 Å². The van der Waals surface area contributed by atoms with E-state index in [2.05, 4.69) is 15.9 Å².